The van der Waals surface area contributed by atoms with Crippen LogP contribution in [0.15, 0.2) is 17.7 Å². The highest BCUT2D eigenvalue weighted by Gasteiger charge is 2.22. The second kappa shape index (κ2) is 6.57. The highest BCUT2D eigenvalue weighted by Crippen LogP contribution is 2.36. The minimum Gasteiger partial charge on any atom is -0.487 e. The van der Waals surface area contributed by atoms with E-state index in [1.807, 2.05) is 6.07 Å². The van der Waals surface area contributed by atoms with E-state index in [2.05, 4.69) is 18.3 Å². The van der Waals surface area contributed by atoms with Crippen LogP contribution in [0, 0.1) is 0 Å². The quantitative estimate of drug-likeness (QED) is 0.908. The van der Waals surface area contributed by atoms with E-state index in [-0.39, 0.29) is 0 Å². The number of fused-ring (bicyclic) bond motifs is 1. The molecule has 2 heterocycles. The fourth-order valence-corrected chi connectivity index (χ4v) is 3.35. The van der Waals surface area contributed by atoms with Gasteiger partial charge in [-0.15, -0.1) is 0 Å². The molecule has 0 aromatic heterocycles. The first-order valence-electron chi connectivity index (χ1n) is 7.30. The van der Waals surface area contributed by atoms with Crippen LogP contribution in [0.3, 0.4) is 0 Å². The van der Waals surface area contributed by atoms with Gasteiger partial charge in [-0.2, -0.15) is 0 Å². The maximum atomic E-state index is 6.14. The average Bonchev–Trinajstić information content (AvgIpc) is 2.98. The molecule has 2 aliphatic rings. The van der Waals surface area contributed by atoms with Crippen molar-refractivity contribution in [3.8, 4) is 5.75 Å². The van der Waals surface area contributed by atoms with Gasteiger partial charge in [0.25, 0.3) is 0 Å². The number of hydrogen-bond acceptors (Lipinski definition) is 3. The molecule has 0 saturated carbocycles. The molecule has 0 amide bonds. The molecule has 2 atom stereocenters. The smallest absolute Gasteiger partial charge is 0.145 e. The number of rotatable bonds is 4. The van der Waals surface area contributed by atoms with E-state index in [4.69, 9.17) is 32.7 Å². The van der Waals surface area contributed by atoms with Gasteiger partial charge in [-0.1, -0.05) is 23.2 Å². The van der Waals surface area contributed by atoms with Crippen LogP contribution in [-0.4, -0.2) is 31.9 Å². The second-order valence-electron chi connectivity index (χ2n) is 5.62. The molecule has 1 fully saturated rings. The number of nitrogens with one attached hydrogen (secondary N) is 1. The summed E-state index contributed by atoms with van der Waals surface area (Å²) in [5.74, 6) is 0.719. The van der Waals surface area contributed by atoms with Crippen LogP contribution < -0.4 is 10.1 Å². The second-order valence-corrected chi connectivity index (χ2v) is 6.46. The van der Waals surface area contributed by atoms with Crippen LogP contribution in [0.25, 0.3) is 6.08 Å². The first-order valence-corrected chi connectivity index (χ1v) is 8.05. The Morgan fingerprint density at radius 3 is 3.00 bits per heavy atom. The predicted molar refractivity (Wildman–Crippen MR) is 86.4 cm³/mol. The summed E-state index contributed by atoms with van der Waals surface area (Å²) in [5, 5.41) is 4.70. The summed E-state index contributed by atoms with van der Waals surface area (Å²) >= 11 is 12.2. The lowest BCUT2D eigenvalue weighted by molar-refractivity contribution is 0.0844. The highest BCUT2D eigenvalue weighted by molar-refractivity contribution is 6.36. The zero-order chi connectivity index (χ0) is 14.8. The van der Waals surface area contributed by atoms with Crippen molar-refractivity contribution < 1.29 is 9.47 Å². The summed E-state index contributed by atoms with van der Waals surface area (Å²) in [7, 11) is 0. The van der Waals surface area contributed by atoms with Crippen LogP contribution in [-0.2, 0) is 4.74 Å². The summed E-state index contributed by atoms with van der Waals surface area (Å²) in [6.07, 6.45) is 4.72. The molecule has 1 saturated heterocycles. The third-order valence-corrected chi connectivity index (χ3v) is 4.47. The van der Waals surface area contributed by atoms with E-state index in [0.717, 1.165) is 37.3 Å². The Morgan fingerprint density at radius 1 is 1.38 bits per heavy atom. The van der Waals surface area contributed by atoms with Crippen molar-refractivity contribution in [3.63, 3.8) is 0 Å². The zero-order valence-electron chi connectivity index (χ0n) is 12.0. The van der Waals surface area contributed by atoms with Gasteiger partial charge in [0.15, 0.2) is 0 Å². The fourth-order valence-electron chi connectivity index (χ4n) is 2.79. The standard InChI is InChI=1S/C16H19Cl2NO2/c1-10(15-3-2-4-20-15)19-8-11-5-12-6-13(17)7-14(18)16(12)21-9-11/h5-7,10,15,19H,2-4,8-9H2,1H3. The average molecular weight is 328 g/mol. The molecule has 114 valence electrons. The maximum absolute atomic E-state index is 6.14. The van der Waals surface area contributed by atoms with Crippen LogP contribution >= 0.6 is 23.2 Å². The van der Waals surface area contributed by atoms with E-state index in [1.165, 1.54) is 5.57 Å². The molecular weight excluding hydrogens is 309 g/mol. The molecular formula is C16H19Cl2NO2. The predicted octanol–water partition coefficient (Wildman–Crippen LogP) is 3.93. The Labute approximate surface area is 135 Å². The summed E-state index contributed by atoms with van der Waals surface area (Å²) in [6, 6.07) is 3.93. The lowest BCUT2D eigenvalue weighted by atomic mass is 10.1. The van der Waals surface area contributed by atoms with Gasteiger partial charge in [-0.05, 0) is 43.5 Å². The molecule has 1 N–H and O–H groups in total. The van der Waals surface area contributed by atoms with E-state index in [0.29, 0.717) is 28.8 Å². The molecule has 0 aliphatic carbocycles. The number of ether oxygens (including phenoxy) is 2. The largest absolute Gasteiger partial charge is 0.487 e. The number of hydrogen-bond donors (Lipinski definition) is 1. The van der Waals surface area contributed by atoms with Crippen LogP contribution in [0.5, 0.6) is 5.75 Å². The van der Waals surface area contributed by atoms with Gasteiger partial charge in [0.05, 0.1) is 11.1 Å². The van der Waals surface area contributed by atoms with Crippen molar-refractivity contribution in [1.29, 1.82) is 0 Å². The highest BCUT2D eigenvalue weighted by atomic mass is 35.5. The van der Waals surface area contributed by atoms with Gasteiger partial charge in [0.2, 0.25) is 0 Å². The number of benzene rings is 1. The lowest BCUT2D eigenvalue weighted by Gasteiger charge is -2.23. The van der Waals surface area contributed by atoms with Gasteiger partial charge < -0.3 is 14.8 Å². The molecule has 0 bridgehead atoms. The van der Waals surface area contributed by atoms with Gasteiger partial charge in [-0.25, -0.2) is 0 Å². The van der Waals surface area contributed by atoms with Crippen molar-refractivity contribution >= 4 is 29.3 Å². The van der Waals surface area contributed by atoms with Crippen molar-refractivity contribution in [1.82, 2.24) is 5.32 Å². The third-order valence-electron chi connectivity index (χ3n) is 3.97. The van der Waals surface area contributed by atoms with Gasteiger partial charge >= 0.3 is 0 Å². The van der Waals surface area contributed by atoms with Crippen LogP contribution in [0.2, 0.25) is 10.0 Å². The number of halogens is 2. The first kappa shape index (κ1) is 15.2. The zero-order valence-corrected chi connectivity index (χ0v) is 13.5. The summed E-state index contributed by atoms with van der Waals surface area (Å²) in [6.45, 7) is 4.39. The van der Waals surface area contributed by atoms with Crippen molar-refractivity contribution in [2.24, 2.45) is 0 Å². The molecule has 2 aliphatic heterocycles. The van der Waals surface area contributed by atoms with E-state index in [1.54, 1.807) is 6.07 Å². The molecule has 1 aromatic carbocycles. The van der Waals surface area contributed by atoms with Crippen molar-refractivity contribution in [2.75, 3.05) is 19.8 Å². The molecule has 3 rings (SSSR count). The molecule has 2 unspecified atom stereocenters. The van der Waals surface area contributed by atoms with E-state index >= 15 is 0 Å². The van der Waals surface area contributed by atoms with Crippen LogP contribution in [0.1, 0.15) is 25.3 Å². The minimum absolute atomic E-state index is 0.325. The summed E-state index contributed by atoms with van der Waals surface area (Å²) < 4.78 is 11.4. The van der Waals surface area contributed by atoms with Gasteiger partial charge in [0, 0.05) is 29.8 Å². The normalized spacial score (nSPS) is 22.4. The monoisotopic (exact) mass is 327 g/mol. The molecule has 5 heteroatoms. The van der Waals surface area contributed by atoms with Crippen molar-refractivity contribution in [3.05, 3.63) is 33.3 Å². The van der Waals surface area contributed by atoms with Crippen molar-refractivity contribution in [2.45, 2.75) is 31.9 Å². The Hall–Kier alpha value is -0.740. The Bertz CT molecular complexity index is 553. The van der Waals surface area contributed by atoms with Crippen LogP contribution in [0.4, 0.5) is 0 Å². The third kappa shape index (κ3) is 3.54. The summed E-state index contributed by atoms with van der Waals surface area (Å²) in [4.78, 5) is 0. The summed E-state index contributed by atoms with van der Waals surface area (Å²) in [5.41, 5.74) is 2.13. The molecule has 1 aromatic rings. The Morgan fingerprint density at radius 2 is 2.24 bits per heavy atom. The molecule has 0 spiro atoms. The van der Waals surface area contributed by atoms with E-state index in [9.17, 15) is 0 Å². The topological polar surface area (TPSA) is 30.5 Å². The maximum Gasteiger partial charge on any atom is 0.145 e. The molecule has 0 radical (unpaired) electrons. The molecule has 3 nitrogen and oxygen atoms in total. The van der Waals surface area contributed by atoms with Gasteiger partial charge in [-0.3, -0.25) is 0 Å². The molecule has 21 heavy (non-hydrogen) atoms. The lowest BCUT2D eigenvalue weighted by Crippen LogP contribution is -2.38. The van der Waals surface area contributed by atoms with Gasteiger partial charge in [0.1, 0.15) is 12.4 Å². The first-order chi connectivity index (χ1) is 10.1. The minimum atomic E-state index is 0.325. The van der Waals surface area contributed by atoms with E-state index < -0.39 is 0 Å². The fraction of sp³-hybridized carbons (Fsp3) is 0.500. The Kier molecular flexibility index (Phi) is 4.75. The Balaban J connectivity index is 1.65. The SMILES string of the molecule is CC(NCC1=Cc2cc(Cl)cc(Cl)c2OC1)C1CCCO1.